The minimum Gasteiger partial charge on any atom is -0.347 e. The van der Waals surface area contributed by atoms with Gasteiger partial charge >= 0.3 is 0 Å². The lowest BCUT2D eigenvalue weighted by atomic mass is 10.0. The fourth-order valence-electron chi connectivity index (χ4n) is 2.26. The van der Waals surface area contributed by atoms with Gasteiger partial charge in [-0.25, -0.2) is 9.37 Å². The molecule has 0 bridgehead atoms. The van der Waals surface area contributed by atoms with Crippen LogP contribution in [0.5, 0.6) is 0 Å². The number of aromatic amines is 1. The quantitative estimate of drug-likeness (QED) is 0.847. The lowest BCUT2D eigenvalue weighted by Gasteiger charge is -2.11. The van der Waals surface area contributed by atoms with Crippen LogP contribution in [0, 0.1) is 17.4 Å². The van der Waals surface area contributed by atoms with Crippen molar-refractivity contribution >= 4 is 12.2 Å². The van der Waals surface area contributed by atoms with Gasteiger partial charge in [0.05, 0.1) is 0 Å². The van der Waals surface area contributed by atoms with Crippen LogP contribution in [-0.4, -0.2) is 9.97 Å². The number of aromatic nitrogens is 2. The highest BCUT2D eigenvalue weighted by Gasteiger charge is 2.09. The summed E-state index contributed by atoms with van der Waals surface area (Å²) in [7, 11) is 0. The van der Waals surface area contributed by atoms with E-state index in [-0.39, 0.29) is 5.82 Å². The van der Waals surface area contributed by atoms with Crippen LogP contribution in [0.1, 0.15) is 42.4 Å². The van der Waals surface area contributed by atoms with Gasteiger partial charge in [-0.1, -0.05) is 38.2 Å². The summed E-state index contributed by atoms with van der Waals surface area (Å²) in [6, 6.07) is 6.54. The molecule has 0 atom stereocenters. The molecule has 0 aliphatic carbocycles. The van der Waals surface area contributed by atoms with Crippen LogP contribution >= 0.6 is 12.2 Å². The summed E-state index contributed by atoms with van der Waals surface area (Å²) >= 11 is 5.34. The Kier molecular flexibility index (Phi) is 4.10. The minimum atomic E-state index is -0.230. The molecule has 0 aliphatic heterocycles. The number of H-pyrrole nitrogens is 1. The molecule has 19 heavy (non-hydrogen) atoms. The van der Waals surface area contributed by atoms with Crippen molar-refractivity contribution in [3.05, 3.63) is 57.4 Å². The molecule has 100 valence electrons. The smallest absolute Gasteiger partial charge is 0.133 e. The topological polar surface area (TPSA) is 28.7 Å². The van der Waals surface area contributed by atoms with Gasteiger partial charge in [-0.2, -0.15) is 0 Å². The molecule has 0 saturated carbocycles. The molecule has 0 radical (unpaired) electrons. The first-order valence-electron chi connectivity index (χ1n) is 6.31. The van der Waals surface area contributed by atoms with Crippen LogP contribution in [-0.2, 0) is 6.42 Å². The third-order valence-corrected chi connectivity index (χ3v) is 3.35. The second-order valence-corrected chi connectivity index (χ2v) is 5.38. The van der Waals surface area contributed by atoms with E-state index in [4.69, 9.17) is 12.2 Å². The SMILES string of the molecule is Cc1[nH]c(Cc2cccc(F)c2)nc(=S)c1C(C)C. The van der Waals surface area contributed by atoms with E-state index >= 15 is 0 Å². The molecule has 2 aromatic rings. The van der Waals surface area contributed by atoms with E-state index in [2.05, 4.69) is 23.8 Å². The van der Waals surface area contributed by atoms with Crippen LogP contribution in [0.3, 0.4) is 0 Å². The number of nitrogens with one attached hydrogen (secondary N) is 1. The molecule has 0 aliphatic rings. The van der Waals surface area contributed by atoms with Gasteiger partial charge in [0.2, 0.25) is 0 Å². The van der Waals surface area contributed by atoms with Gasteiger partial charge < -0.3 is 4.98 Å². The van der Waals surface area contributed by atoms with E-state index in [0.717, 1.165) is 22.6 Å². The van der Waals surface area contributed by atoms with Gasteiger partial charge in [0.25, 0.3) is 0 Å². The Morgan fingerprint density at radius 3 is 2.68 bits per heavy atom. The van der Waals surface area contributed by atoms with Gasteiger partial charge in [0.1, 0.15) is 16.3 Å². The van der Waals surface area contributed by atoms with Crippen molar-refractivity contribution in [1.29, 1.82) is 0 Å². The highest BCUT2D eigenvalue weighted by atomic mass is 32.1. The monoisotopic (exact) mass is 276 g/mol. The van der Waals surface area contributed by atoms with Gasteiger partial charge in [0, 0.05) is 17.7 Å². The van der Waals surface area contributed by atoms with E-state index < -0.39 is 0 Å². The van der Waals surface area contributed by atoms with Crippen molar-refractivity contribution in [3.8, 4) is 0 Å². The van der Waals surface area contributed by atoms with Gasteiger partial charge in [0.15, 0.2) is 0 Å². The third kappa shape index (κ3) is 3.26. The molecule has 1 aromatic heterocycles. The van der Waals surface area contributed by atoms with Crippen LogP contribution in [0.2, 0.25) is 0 Å². The molecule has 0 amide bonds. The minimum absolute atomic E-state index is 0.230. The highest BCUT2D eigenvalue weighted by molar-refractivity contribution is 7.71. The third-order valence-electron chi connectivity index (χ3n) is 3.04. The first-order chi connectivity index (χ1) is 8.97. The summed E-state index contributed by atoms with van der Waals surface area (Å²) in [5, 5.41) is 0. The standard InChI is InChI=1S/C15H17FN2S/c1-9(2)14-10(3)17-13(18-15(14)19)8-11-5-4-6-12(16)7-11/h4-7,9H,8H2,1-3H3,(H,17,18,19). The maximum atomic E-state index is 13.1. The van der Waals surface area contributed by atoms with Crippen LogP contribution in [0.15, 0.2) is 24.3 Å². The number of hydrogen-bond acceptors (Lipinski definition) is 2. The average Bonchev–Trinajstić information content (AvgIpc) is 2.27. The van der Waals surface area contributed by atoms with Crippen molar-refractivity contribution in [2.75, 3.05) is 0 Å². The summed E-state index contributed by atoms with van der Waals surface area (Å²) in [4.78, 5) is 7.68. The summed E-state index contributed by atoms with van der Waals surface area (Å²) in [5.41, 5.74) is 3.01. The molecule has 0 unspecified atom stereocenters. The number of benzene rings is 1. The Morgan fingerprint density at radius 2 is 2.11 bits per heavy atom. The van der Waals surface area contributed by atoms with Crippen LogP contribution < -0.4 is 0 Å². The van der Waals surface area contributed by atoms with Crippen LogP contribution in [0.25, 0.3) is 0 Å². The lowest BCUT2D eigenvalue weighted by Crippen LogP contribution is -2.05. The zero-order valence-electron chi connectivity index (χ0n) is 11.3. The van der Waals surface area contributed by atoms with Crippen molar-refractivity contribution in [2.45, 2.75) is 33.1 Å². The Bertz CT molecular complexity index is 647. The first kappa shape index (κ1) is 13.9. The predicted octanol–water partition coefficient (Wildman–Crippen LogP) is 4.30. The van der Waals surface area contributed by atoms with Crippen molar-refractivity contribution in [2.24, 2.45) is 0 Å². The van der Waals surface area contributed by atoms with Crippen molar-refractivity contribution in [1.82, 2.24) is 9.97 Å². The van der Waals surface area contributed by atoms with E-state index in [9.17, 15) is 4.39 Å². The Labute approximate surface area is 117 Å². The summed E-state index contributed by atoms with van der Waals surface area (Å²) in [6.07, 6.45) is 0.556. The molecule has 0 spiro atoms. The average molecular weight is 276 g/mol. The Morgan fingerprint density at radius 1 is 1.37 bits per heavy atom. The van der Waals surface area contributed by atoms with Gasteiger partial charge in [-0.05, 0) is 30.5 Å². The number of hydrogen-bond donors (Lipinski definition) is 1. The van der Waals surface area contributed by atoms with Crippen LogP contribution in [0.4, 0.5) is 4.39 Å². The molecule has 2 rings (SSSR count). The molecule has 2 nitrogen and oxygen atoms in total. The van der Waals surface area contributed by atoms with E-state index in [1.165, 1.54) is 12.1 Å². The summed E-state index contributed by atoms with van der Waals surface area (Å²) in [5.74, 6) is 0.892. The second-order valence-electron chi connectivity index (χ2n) is 4.99. The number of aryl methyl sites for hydroxylation is 1. The lowest BCUT2D eigenvalue weighted by molar-refractivity contribution is 0.625. The van der Waals surface area contributed by atoms with E-state index in [0.29, 0.717) is 17.0 Å². The number of halogens is 1. The largest absolute Gasteiger partial charge is 0.347 e. The molecule has 0 saturated heterocycles. The molecule has 1 heterocycles. The fraction of sp³-hybridized carbons (Fsp3) is 0.333. The summed E-state index contributed by atoms with van der Waals surface area (Å²) < 4.78 is 13.8. The van der Waals surface area contributed by atoms with E-state index in [1.807, 2.05) is 13.0 Å². The van der Waals surface area contributed by atoms with Crippen molar-refractivity contribution in [3.63, 3.8) is 0 Å². The predicted molar refractivity (Wildman–Crippen MR) is 77.5 cm³/mol. The second kappa shape index (κ2) is 5.61. The zero-order chi connectivity index (χ0) is 14.0. The molecule has 1 N–H and O–H groups in total. The zero-order valence-corrected chi connectivity index (χ0v) is 12.1. The Hall–Kier alpha value is -1.55. The highest BCUT2D eigenvalue weighted by Crippen LogP contribution is 2.19. The number of nitrogens with zero attached hydrogens (tertiary/aromatic N) is 1. The van der Waals surface area contributed by atoms with Crippen molar-refractivity contribution < 1.29 is 4.39 Å². The fourth-order valence-corrected chi connectivity index (χ4v) is 2.76. The van der Waals surface area contributed by atoms with E-state index in [1.54, 1.807) is 6.07 Å². The van der Waals surface area contributed by atoms with Gasteiger partial charge in [-0.15, -0.1) is 0 Å². The van der Waals surface area contributed by atoms with Gasteiger partial charge in [-0.3, -0.25) is 0 Å². The first-order valence-corrected chi connectivity index (χ1v) is 6.72. The molecular weight excluding hydrogens is 259 g/mol. The molecule has 4 heteroatoms. The number of rotatable bonds is 3. The molecule has 1 aromatic carbocycles. The maximum absolute atomic E-state index is 13.1. The maximum Gasteiger partial charge on any atom is 0.133 e. The Balaban J connectivity index is 2.35. The normalized spacial score (nSPS) is 11.0. The molecular formula is C15H17FN2S. The summed E-state index contributed by atoms with van der Waals surface area (Å²) in [6.45, 7) is 6.20. The molecule has 0 fully saturated rings.